The Labute approximate surface area is 336 Å². The molecular formula is C50H89NO3. The van der Waals surface area contributed by atoms with Crippen LogP contribution < -0.4 is 5.32 Å². The van der Waals surface area contributed by atoms with Gasteiger partial charge in [0.2, 0.25) is 5.91 Å². The largest absolute Gasteiger partial charge is 0.394 e. The molecule has 2 unspecified atom stereocenters. The molecule has 0 fully saturated rings. The number of aliphatic hydroxyl groups is 2. The van der Waals surface area contributed by atoms with Gasteiger partial charge in [-0.05, 0) is 57.8 Å². The molecule has 0 saturated carbocycles. The number of hydrogen-bond acceptors (Lipinski definition) is 3. The molecule has 0 aromatic rings. The second kappa shape index (κ2) is 45.2. The van der Waals surface area contributed by atoms with Gasteiger partial charge in [0.05, 0.1) is 18.8 Å². The summed E-state index contributed by atoms with van der Waals surface area (Å²) in [5.41, 5.74) is 0. The van der Waals surface area contributed by atoms with E-state index in [9.17, 15) is 15.0 Å². The molecule has 4 heteroatoms. The van der Waals surface area contributed by atoms with Crippen LogP contribution in [0.2, 0.25) is 0 Å². The molecule has 3 N–H and O–H groups in total. The topological polar surface area (TPSA) is 69.6 Å². The monoisotopic (exact) mass is 752 g/mol. The molecule has 4 nitrogen and oxygen atoms in total. The van der Waals surface area contributed by atoms with Gasteiger partial charge in [0.15, 0.2) is 0 Å². The molecule has 0 rings (SSSR count). The van der Waals surface area contributed by atoms with E-state index < -0.39 is 12.1 Å². The highest BCUT2D eigenvalue weighted by atomic mass is 16.3. The van der Waals surface area contributed by atoms with E-state index in [0.29, 0.717) is 6.42 Å². The summed E-state index contributed by atoms with van der Waals surface area (Å²) in [6, 6.07) is -0.656. The van der Waals surface area contributed by atoms with Crippen molar-refractivity contribution in [3.05, 3.63) is 72.9 Å². The summed E-state index contributed by atoms with van der Waals surface area (Å²) < 4.78 is 0. The van der Waals surface area contributed by atoms with Crippen LogP contribution in [0.1, 0.15) is 219 Å². The summed E-state index contributed by atoms with van der Waals surface area (Å²) in [6.45, 7) is 4.17. The van der Waals surface area contributed by atoms with Gasteiger partial charge in [-0.1, -0.05) is 228 Å². The normalized spacial score (nSPS) is 13.6. The molecule has 0 aliphatic carbocycles. The minimum atomic E-state index is -0.866. The van der Waals surface area contributed by atoms with Gasteiger partial charge >= 0.3 is 0 Å². The number of carbonyl (C=O) groups excluding carboxylic acids is 1. The average molecular weight is 752 g/mol. The average Bonchev–Trinajstić information content (AvgIpc) is 3.18. The summed E-state index contributed by atoms with van der Waals surface area (Å²) in [5, 5.41) is 23.0. The molecule has 312 valence electrons. The first-order valence-corrected chi connectivity index (χ1v) is 23.2. The number of nitrogens with one attached hydrogen (secondary N) is 1. The first-order valence-electron chi connectivity index (χ1n) is 23.2. The van der Waals surface area contributed by atoms with Gasteiger partial charge in [-0.2, -0.15) is 0 Å². The van der Waals surface area contributed by atoms with Crippen LogP contribution in [0.4, 0.5) is 0 Å². The number of allylic oxidation sites excluding steroid dienone is 11. The van der Waals surface area contributed by atoms with Crippen molar-refractivity contribution in [1.82, 2.24) is 5.32 Å². The quantitative estimate of drug-likeness (QED) is 0.0430. The Hall–Kier alpha value is -2.17. The summed E-state index contributed by atoms with van der Waals surface area (Å²) in [4.78, 5) is 12.4. The smallest absolute Gasteiger partial charge is 0.220 e. The van der Waals surface area contributed by atoms with E-state index in [0.717, 1.165) is 57.8 Å². The molecule has 0 bridgehead atoms. The number of rotatable bonds is 41. The maximum absolute atomic E-state index is 12.4. The third-order valence-corrected chi connectivity index (χ3v) is 10.2. The highest BCUT2D eigenvalue weighted by Gasteiger charge is 2.17. The van der Waals surface area contributed by atoms with Gasteiger partial charge in [0.1, 0.15) is 0 Å². The van der Waals surface area contributed by atoms with Crippen molar-refractivity contribution < 1.29 is 15.0 Å². The lowest BCUT2D eigenvalue weighted by Crippen LogP contribution is -2.45. The van der Waals surface area contributed by atoms with E-state index in [1.807, 2.05) is 6.08 Å². The minimum Gasteiger partial charge on any atom is -0.394 e. The molecule has 54 heavy (non-hydrogen) atoms. The van der Waals surface area contributed by atoms with Crippen LogP contribution in [0.15, 0.2) is 72.9 Å². The first-order chi connectivity index (χ1) is 26.7. The third kappa shape index (κ3) is 41.0. The van der Waals surface area contributed by atoms with Gasteiger partial charge in [-0.25, -0.2) is 0 Å². The Kier molecular flexibility index (Phi) is 43.4. The van der Waals surface area contributed by atoms with Crippen LogP contribution in [-0.4, -0.2) is 34.9 Å². The van der Waals surface area contributed by atoms with Crippen molar-refractivity contribution in [2.75, 3.05) is 6.61 Å². The Morgan fingerprint density at radius 2 is 0.815 bits per heavy atom. The lowest BCUT2D eigenvalue weighted by atomic mass is 10.0. The minimum absolute atomic E-state index is 0.122. The number of aliphatic hydroxyl groups excluding tert-OH is 2. The first kappa shape index (κ1) is 51.8. The SMILES string of the molecule is CC/C=C\C/C=C\C/C=C\C/C=C\C/C=C\CCCC(=O)NC(CO)C(O)/C=C/CCCCCCCCCCCCCCCCCCCCCCCCC. The molecule has 0 aliphatic rings. The molecule has 0 heterocycles. The van der Waals surface area contributed by atoms with Crippen LogP contribution in [0.25, 0.3) is 0 Å². The lowest BCUT2D eigenvalue weighted by molar-refractivity contribution is -0.122. The fourth-order valence-electron chi connectivity index (χ4n) is 6.68. The zero-order valence-electron chi connectivity index (χ0n) is 35.7. The third-order valence-electron chi connectivity index (χ3n) is 10.2. The second-order valence-electron chi connectivity index (χ2n) is 15.4. The standard InChI is InChI=1S/C50H89NO3/c1-3-5-7-9-11-13-15-17-19-21-22-23-24-25-26-27-28-30-31-33-35-37-39-41-43-45-49(53)48(47-52)51-50(54)46-44-42-40-38-36-34-32-29-20-18-16-14-12-10-8-6-4-2/h6,8,12,14,18,20,32,34,38,40,43,45,48-49,52-53H,3-5,7,9-11,13,15-17,19,21-31,33,35-37,39,41-42,44,46-47H2,1-2H3,(H,51,54)/b8-6-,14-12-,20-18-,34-32-,40-38-,45-43+. The van der Waals surface area contributed by atoms with E-state index in [2.05, 4.69) is 79.9 Å². The lowest BCUT2D eigenvalue weighted by Gasteiger charge is -2.19. The van der Waals surface area contributed by atoms with Crippen molar-refractivity contribution in [1.29, 1.82) is 0 Å². The number of amides is 1. The molecule has 0 saturated heterocycles. The van der Waals surface area contributed by atoms with Crippen molar-refractivity contribution in [3.63, 3.8) is 0 Å². The van der Waals surface area contributed by atoms with Crippen LogP contribution in [0, 0.1) is 0 Å². The van der Waals surface area contributed by atoms with E-state index in [1.54, 1.807) is 6.08 Å². The summed E-state index contributed by atoms with van der Waals surface area (Å²) in [5.74, 6) is -0.122. The van der Waals surface area contributed by atoms with Crippen LogP contribution in [-0.2, 0) is 4.79 Å². The Bertz CT molecular complexity index is 946. The summed E-state index contributed by atoms with van der Waals surface area (Å²) in [6.07, 6.45) is 64.6. The Morgan fingerprint density at radius 3 is 1.20 bits per heavy atom. The van der Waals surface area contributed by atoms with E-state index in [-0.39, 0.29) is 12.5 Å². The van der Waals surface area contributed by atoms with Crippen molar-refractivity contribution in [2.45, 2.75) is 231 Å². The number of unbranched alkanes of at least 4 members (excludes halogenated alkanes) is 24. The molecule has 1 amide bonds. The number of carbonyl (C=O) groups is 1. The summed E-state index contributed by atoms with van der Waals surface area (Å²) >= 11 is 0. The predicted octanol–water partition coefficient (Wildman–Crippen LogP) is 14.7. The molecule has 0 spiro atoms. The second-order valence-corrected chi connectivity index (χ2v) is 15.4. The number of hydrogen-bond donors (Lipinski definition) is 3. The molecule has 0 aliphatic heterocycles. The van der Waals surface area contributed by atoms with Crippen LogP contribution >= 0.6 is 0 Å². The van der Waals surface area contributed by atoms with Crippen LogP contribution in [0.3, 0.4) is 0 Å². The van der Waals surface area contributed by atoms with E-state index in [4.69, 9.17) is 0 Å². The maximum Gasteiger partial charge on any atom is 0.220 e. The summed E-state index contributed by atoms with van der Waals surface area (Å²) in [7, 11) is 0. The molecule has 0 aromatic heterocycles. The zero-order valence-corrected chi connectivity index (χ0v) is 35.7. The van der Waals surface area contributed by atoms with Gasteiger partial charge in [-0.15, -0.1) is 0 Å². The fourth-order valence-corrected chi connectivity index (χ4v) is 6.68. The van der Waals surface area contributed by atoms with Crippen molar-refractivity contribution in [3.8, 4) is 0 Å². The fraction of sp³-hybridized carbons (Fsp3) is 0.740. The zero-order chi connectivity index (χ0) is 39.3. The van der Waals surface area contributed by atoms with Crippen LogP contribution in [0.5, 0.6) is 0 Å². The molecular weight excluding hydrogens is 663 g/mol. The van der Waals surface area contributed by atoms with E-state index in [1.165, 1.54) is 141 Å². The molecule has 2 atom stereocenters. The maximum atomic E-state index is 12.4. The van der Waals surface area contributed by atoms with Crippen molar-refractivity contribution in [2.24, 2.45) is 0 Å². The van der Waals surface area contributed by atoms with Gasteiger partial charge in [0.25, 0.3) is 0 Å². The van der Waals surface area contributed by atoms with Crippen molar-refractivity contribution >= 4 is 5.91 Å². The van der Waals surface area contributed by atoms with Gasteiger partial charge in [-0.3, -0.25) is 4.79 Å². The Morgan fingerprint density at radius 1 is 0.463 bits per heavy atom. The Balaban J connectivity index is 3.62. The predicted molar refractivity (Wildman–Crippen MR) is 239 cm³/mol. The van der Waals surface area contributed by atoms with E-state index >= 15 is 0 Å². The molecule has 0 aromatic carbocycles. The van der Waals surface area contributed by atoms with Gasteiger partial charge in [0, 0.05) is 6.42 Å². The highest BCUT2D eigenvalue weighted by Crippen LogP contribution is 2.16. The molecule has 0 radical (unpaired) electrons. The highest BCUT2D eigenvalue weighted by molar-refractivity contribution is 5.76. The van der Waals surface area contributed by atoms with Gasteiger partial charge < -0.3 is 15.5 Å².